The maximum Gasteiger partial charge on any atom is 0.251 e. The molecule has 104 valence electrons. The molecular weight excluding hydrogens is 238 g/mol. The third-order valence-electron chi connectivity index (χ3n) is 3.72. The first-order valence-electron chi connectivity index (χ1n) is 6.92. The highest BCUT2D eigenvalue weighted by Crippen LogP contribution is 2.25. The summed E-state index contributed by atoms with van der Waals surface area (Å²) in [5.41, 5.74) is 2.93. The van der Waals surface area contributed by atoms with Crippen molar-refractivity contribution < 1.29 is 4.79 Å². The summed E-state index contributed by atoms with van der Waals surface area (Å²) in [6.07, 6.45) is 1.04. The number of fused-ring (bicyclic) bond motifs is 1. The first-order valence-corrected chi connectivity index (χ1v) is 6.92. The van der Waals surface area contributed by atoms with Crippen molar-refractivity contribution in [3.05, 3.63) is 23.8 Å². The van der Waals surface area contributed by atoms with E-state index in [4.69, 9.17) is 0 Å². The zero-order valence-corrected chi connectivity index (χ0v) is 12.0. The molecule has 1 aliphatic heterocycles. The predicted molar refractivity (Wildman–Crippen MR) is 79.8 cm³/mol. The molecule has 1 heterocycles. The Kier molecular flexibility index (Phi) is 3.98. The Morgan fingerprint density at radius 1 is 1.26 bits per heavy atom. The van der Waals surface area contributed by atoms with Crippen molar-refractivity contribution in [2.75, 3.05) is 30.3 Å². The Morgan fingerprint density at radius 2 is 1.95 bits per heavy atom. The largest absolute Gasteiger partial charge is 0.382 e. The van der Waals surface area contributed by atoms with Gasteiger partial charge in [-0.3, -0.25) is 4.79 Å². The van der Waals surface area contributed by atoms with Gasteiger partial charge in [-0.2, -0.15) is 0 Å². The van der Waals surface area contributed by atoms with Gasteiger partial charge in [0.05, 0.1) is 11.4 Å². The van der Waals surface area contributed by atoms with Crippen molar-refractivity contribution in [2.45, 2.75) is 27.2 Å². The summed E-state index contributed by atoms with van der Waals surface area (Å²) >= 11 is 0. The van der Waals surface area contributed by atoms with Gasteiger partial charge in [0.25, 0.3) is 5.91 Å². The number of rotatable bonds is 4. The van der Waals surface area contributed by atoms with Gasteiger partial charge in [-0.15, -0.1) is 0 Å². The first-order chi connectivity index (χ1) is 9.02. The summed E-state index contributed by atoms with van der Waals surface area (Å²) in [5.74, 6) is -0.00306. The lowest BCUT2D eigenvalue weighted by Gasteiger charge is -2.23. The van der Waals surface area contributed by atoms with Crippen molar-refractivity contribution >= 4 is 17.3 Å². The van der Waals surface area contributed by atoms with Gasteiger partial charge >= 0.3 is 0 Å². The van der Waals surface area contributed by atoms with Gasteiger partial charge in [0.2, 0.25) is 0 Å². The van der Waals surface area contributed by atoms with Crippen molar-refractivity contribution in [3.63, 3.8) is 0 Å². The number of hydrogen-bond donors (Lipinski definition) is 3. The molecule has 0 aliphatic carbocycles. The van der Waals surface area contributed by atoms with E-state index >= 15 is 0 Å². The van der Waals surface area contributed by atoms with Crippen molar-refractivity contribution in [2.24, 2.45) is 5.41 Å². The second-order valence-electron chi connectivity index (χ2n) is 5.81. The molecule has 3 N–H and O–H groups in total. The maximum atomic E-state index is 12.1. The van der Waals surface area contributed by atoms with Gasteiger partial charge in [-0.25, -0.2) is 0 Å². The molecule has 0 bridgehead atoms. The quantitative estimate of drug-likeness (QED) is 0.781. The summed E-state index contributed by atoms with van der Waals surface area (Å²) < 4.78 is 0. The SMILES string of the molecule is CCC(C)(C)CNC(=O)c1ccc2c(c1)NCCN2. The molecule has 0 aromatic heterocycles. The Hall–Kier alpha value is -1.71. The molecule has 2 rings (SSSR count). The number of nitrogens with one attached hydrogen (secondary N) is 3. The molecule has 4 heteroatoms. The van der Waals surface area contributed by atoms with E-state index in [1.54, 1.807) is 0 Å². The average molecular weight is 261 g/mol. The molecule has 4 nitrogen and oxygen atoms in total. The molecule has 0 saturated heterocycles. The predicted octanol–water partition coefficient (Wildman–Crippen LogP) is 2.69. The summed E-state index contributed by atoms with van der Waals surface area (Å²) in [6, 6.07) is 5.74. The normalized spacial score (nSPS) is 14.1. The standard InChI is InChI=1S/C15H23N3O/c1-4-15(2,3)10-18-14(19)11-5-6-12-13(9-11)17-8-7-16-12/h5-6,9,16-17H,4,7-8,10H2,1-3H3,(H,18,19). The van der Waals surface area contributed by atoms with Gasteiger partial charge < -0.3 is 16.0 Å². The zero-order chi connectivity index (χ0) is 13.9. The molecule has 1 aromatic carbocycles. The van der Waals surface area contributed by atoms with Crippen LogP contribution in [-0.2, 0) is 0 Å². The molecule has 19 heavy (non-hydrogen) atoms. The average Bonchev–Trinajstić information content (AvgIpc) is 2.44. The van der Waals surface area contributed by atoms with Crippen LogP contribution in [0.1, 0.15) is 37.6 Å². The first kappa shape index (κ1) is 13.7. The van der Waals surface area contributed by atoms with Crippen LogP contribution in [-0.4, -0.2) is 25.5 Å². The Labute approximate surface area is 115 Å². The van der Waals surface area contributed by atoms with Crippen LogP contribution in [0.25, 0.3) is 0 Å². The monoisotopic (exact) mass is 261 g/mol. The van der Waals surface area contributed by atoms with Crippen LogP contribution in [0, 0.1) is 5.41 Å². The molecule has 0 fully saturated rings. The minimum atomic E-state index is -0.00306. The Balaban J connectivity index is 2.03. The van der Waals surface area contributed by atoms with E-state index in [0.29, 0.717) is 12.1 Å². The molecule has 0 spiro atoms. The van der Waals surface area contributed by atoms with Crippen molar-refractivity contribution in [1.82, 2.24) is 5.32 Å². The molecule has 0 saturated carbocycles. The Morgan fingerprint density at radius 3 is 2.63 bits per heavy atom. The van der Waals surface area contributed by atoms with Gasteiger partial charge in [-0.05, 0) is 30.0 Å². The van der Waals surface area contributed by atoms with Crippen LogP contribution in [0.3, 0.4) is 0 Å². The van der Waals surface area contributed by atoms with Crippen LogP contribution in [0.4, 0.5) is 11.4 Å². The lowest BCUT2D eigenvalue weighted by Crippen LogP contribution is -2.33. The molecule has 0 atom stereocenters. The van der Waals surface area contributed by atoms with Crippen LogP contribution >= 0.6 is 0 Å². The molecule has 1 amide bonds. The minimum absolute atomic E-state index is 0.00306. The number of carbonyl (C=O) groups is 1. The van der Waals surface area contributed by atoms with Crippen molar-refractivity contribution in [1.29, 1.82) is 0 Å². The fourth-order valence-electron chi connectivity index (χ4n) is 1.93. The van der Waals surface area contributed by atoms with Gasteiger partial charge in [0.1, 0.15) is 0 Å². The highest BCUT2D eigenvalue weighted by Gasteiger charge is 2.17. The van der Waals surface area contributed by atoms with E-state index in [0.717, 1.165) is 30.9 Å². The third kappa shape index (κ3) is 3.40. The smallest absolute Gasteiger partial charge is 0.251 e. The highest BCUT2D eigenvalue weighted by atomic mass is 16.1. The van der Waals surface area contributed by atoms with E-state index in [2.05, 4.69) is 36.7 Å². The maximum absolute atomic E-state index is 12.1. The van der Waals surface area contributed by atoms with Gasteiger partial charge in [-0.1, -0.05) is 20.8 Å². The second kappa shape index (κ2) is 5.51. The summed E-state index contributed by atoms with van der Waals surface area (Å²) in [5, 5.41) is 9.61. The zero-order valence-electron chi connectivity index (χ0n) is 12.0. The minimum Gasteiger partial charge on any atom is -0.382 e. The molecule has 0 unspecified atom stereocenters. The molecule has 1 aromatic rings. The Bertz CT molecular complexity index is 468. The number of hydrogen-bond acceptors (Lipinski definition) is 3. The van der Waals surface area contributed by atoms with E-state index < -0.39 is 0 Å². The lowest BCUT2D eigenvalue weighted by molar-refractivity contribution is 0.0936. The molecular formula is C15H23N3O. The number of benzene rings is 1. The molecule has 0 radical (unpaired) electrons. The second-order valence-corrected chi connectivity index (χ2v) is 5.81. The van der Waals surface area contributed by atoms with Gasteiger partial charge in [0.15, 0.2) is 0 Å². The summed E-state index contributed by atoms with van der Waals surface area (Å²) in [6.45, 7) is 8.97. The third-order valence-corrected chi connectivity index (χ3v) is 3.72. The summed E-state index contributed by atoms with van der Waals surface area (Å²) in [7, 11) is 0. The van der Waals surface area contributed by atoms with Crippen LogP contribution in [0.5, 0.6) is 0 Å². The van der Waals surface area contributed by atoms with E-state index in [1.807, 2.05) is 18.2 Å². The van der Waals surface area contributed by atoms with E-state index in [-0.39, 0.29) is 11.3 Å². The van der Waals surface area contributed by atoms with Crippen LogP contribution in [0.2, 0.25) is 0 Å². The van der Waals surface area contributed by atoms with Crippen LogP contribution in [0.15, 0.2) is 18.2 Å². The van der Waals surface area contributed by atoms with E-state index in [9.17, 15) is 4.79 Å². The van der Waals surface area contributed by atoms with E-state index in [1.165, 1.54) is 0 Å². The van der Waals surface area contributed by atoms with Crippen molar-refractivity contribution in [3.8, 4) is 0 Å². The lowest BCUT2D eigenvalue weighted by atomic mass is 9.90. The number of anilines is 2. The van der Waals surface area contributed by atoms with Crippen LogP contribution < -0.4 is 16.0 Å². The topological polar surface area (TPSA) is 53.2 Å². The fraction of sp³-hybridized carbons (Fsp3) is 0.533. The number of carbonyl (C=O) groups excluding carboxylic acids is 1. The summed E-state index contributed by atoms with van der Waals surface area (Å²) in [4.78, 5) is 12.1. The van der Waals surface area contributed by atoms with Gasteiger partial charge in [0, 0.05) is 25.2 Å². The number of amides is 1. The fourth-order valence-corrected chi connectivity index (χ4v) is 1.93. The highest BCUT2D eigenvalue weighted by molar-refractivity contribution is 5.96. The molecule has 1 aliphatic rings.